The molecule has 0 amide bonds. The molecule has 4 heteroatoms. The summed E-state index contributed by atoms with van der Waals surface area (Å²) in [5, 5.41) is 0. The molecule has 4 aliphatic rings. The molecule has 0 nitrogen and oxygen atoms in total. The number of hydrogen-bond acceptors (Lipinski definition) is 0. The Hall–Kier alpha value is -1.96. The first kappa shape index (κ1) is 38.9. The minimum absolute atomic E-state index is 0.113. The van der Waals surface area contributed by atoms with Crippen LogP contribution in [0.3, 0.4) is 0 Å². The molecule has 0 saturated heterocycles. The molecule has 0 radical (unpaired) electrons. The Kier molecular flexibility index (Phi) is 11.1. The SMILES string of the molecule is C[SiH](C)[Zr]([Cl])([Cl])([CH]1C(CC2(C)CCCCCC2)=Cc2c(-c3ccccc3)cccc21)[CH]1C(CC2(C)CCCCCC2)=Cc2c(-c3ccccc3)cccc21. The molecule has 0 spiro atoms. The summed E-state index contributed by atoms with van der Waals surface area (Å²) < 4.78 is 0.226. The van der Waals surface area contributed by atoms with E-state index in [9.17, 15) is 0 Å². The van der Waals surface area contributed by atoms with Gasteiger partial charge in [0.15, 0.2) is 0 Å². The van der Waals surface area contributed by atoms with E-state index in [0.29, 0.717) is 0 Å². The van der Waals surface area contributed by atoms with Crippen molar-refractivity contribution in [2.45, 2.75) is 124 Å². The van der Waals surface area contributed by atoms with Crippen molar-refractivity contribution in [3.05, 3.63) is 130 Å². The molecule has 4 aromatic rings. The van der Waals surface area contributed by atoms with Crippen molar-refractivity contribution < 1.29 is 15.6 Å². The monoisotopic (exact) mass is 849 g/mol. The van der Waals surface area contributed by atoms with Crippen molar-refractivity contribution in [3.63, 3.8) is 0 Å². The van der Waals surface area contributed by atoms with Gasteiger partial charge in [-0.2, -0.15) is 0 Å². The molecular weight excluding hydrogens is 791 g/mol. The van der Waals surface area contributed by atoms with Gasteiger partial charge in [0.05, 0.1) is 0 Å². The Morgan fingerprint density at radius 1 is 0.519 bits per heavy atom. The predicted octanol–water partition coefficient (Wildman–Crippen LogP) is 16.1. The molecule has 2 atom stereocenters. The Labute approximate surface area is 335 Å². The van der Waals surface area contributed by atoms with E-state index in [-0.39, 0.29) is 18.1 Å². The van der Waals surface area contributed by atoms with Gasteiger partial charge >= 0.3 is 338 Å². The van der Waals surface area contributed by atoms with E-state index >= 15 is 0 Å². The molecule has 4 aromatic carbocycles. The first-order valence-corrected chi connectivity index (χ1v) is 37.7. The van der Waals surface area contributed by atoms with Crippen LogP contribution in [0.1, 0.15) is 133 Å². The minimum atomic E-state index is -5.03. The van der Waals surface area contributed by atoms with Crippen molar-refractivity contribution in [2.24, 2.45) is 10.8 Å². The van der Waals surface area contributed by atoms with Crippen LogP contribution in [-0.4, -0.2) is 5.92 Å². The van der Waals surface area contributed by atoms with Gasteiger partial charge in [0.2, 0.25) is 0 Å². The summed E-state index contributed by atoms with van der Waals surface area (Å²) in [6, 6.07) is 36.3. The molecule has 0 N–H and O–H groups in total. The molecule has 0 heterocycles. The zero-order valence-corrected chi connectivity index (χ0v) is 38.4. The number of benzene rings is 4. The number of rotatable bonds is 9. The van der Waals surface area contributed by atoms with E-state index in [1.807, 2.05) is 0 Å². The van der Waals surface area contributed by atoms with Crippen molar-refractivity contribution in [1.29, 1.82) is 0 Å². The van der Waals surface area contributed by atoms with Crippen molar-refractivity contribution in [3.8, 4) is 22.3 Å². The molecule has 2 fully saturated rings. The Morgan fingerprint density at radius 3 is 1.24 bits per heavy atom. The Morgan fingerprint density at radius 2 is 0.889 bits per heavy atom. The summed E-state index contributed by atoms with van der Waals surface area (Å²) >= 11 is -5.03. The van der Waals surface area contributed by atoms with Gasteiger partial charge in [-0.3, -0.25) is 0 Å². The van der Waals surface area contributed by atoms with Crippen molar-refractivity contribution in [2.75, 3.05) is 0 Å². The van der Waals surface area contributed by atoms with Crippen LogP contribution in [0.5, 0.6) is 0 Å². The van der Waals surface area contributed by atoms with Crippen molar-refractivity contribution >= 4 is 35.1 Å². The molecule has 0 bridgehead atoms. The normalized spacial score (nSPS) is 23.0. The third-order valence-corrected chi connectivity index (χ3v) is 66.4. The van der Waals surface area contributed by atoms with Crippen LogP contribution in [-0.2, 0) is 15.6 Å². The fourth-order valence-electron chi connectivity index (χ4n) is 11.6. The fourth-order valence-corrected chi connectivity index (χ4v) is 42.9. The maximum atomic E-state index is 9.13. The van der Waals surface area contributed by atoms with Gasteiger partial charge in [-0.15, -0.1) is 0 Å². The number of allylic oxidation sites excluding steroid dienone is 2. The van der Waals surface area contributed by atoms with Crippen LogP contribution in [0.2, 0.25) is 13.1 Å². The zero-order valence-electron chi connectivity index (χ0n) is 33.3. The second-order valence-corrected chi connectivity index (χ2v) is 61.3. The topological polar surface area (TPSA) is 0 Å². The second kappa shape index (κ2) is 15.4. The molecule has 0 aliphatic heterocycles. The van der Waals surface area contributed by atoms with Gasteiger partial charge in [-0.05, 0) is 0 Å². The first-order valence-electron chi connectivity index (χ1n) is 21.3. The average molecular weight is 852 g/mol. The molecule has 4 aliphatic carbocycles. The predicted molar refractivity (Wildman–Crippen MR) is 237 cm³/mol. The third kappa shape index (κ3) is 7.12. The maximum absolute atomic E-state index is 9.13. The van der Waals surface area contributed by atoms with Gasteiger partial charge in [0, 0.05) is 0 Å². The van der Waals surface area contributed by atoms with E-state index in [4.69, 9.17) is 17.0 Å². The van der Waals surface area contributed by atoms with Gasteiger partial charge in [0.1, 0.15) is 0 Å². The van der Waals surface area contributed by atoms with Gasteiger partial charge in [0.25, 0.3) is 0 Å². The van der Waals surface area contributed by atoms with E-state index in [1.165, 1.54) is 122 Å². The van der Waals surface area contributed by atoms with E-state index in [0.717, 1.165) is 12.8 Å². The first-order chi connectivity index (χ1) is 26.0. The quantitative estimate of drug-likeness (QED) is 0.116. The fraction of sp³-hybridized carbons (Fsp3) is 0.440. The van der Waals surface area contributed by atoms with Crippen LogP contribution < -0.4 is 0 Å². The summed E-state index contributed by atoms with van der Waals surface area (Å²) in [6.07, 6.45) is 23.4. The second-order valence-electron chi connectivity index (χ2n) is 18.8. The van der Waals surface area contributed by atoms with Gasteiger partial charge in [-0.25, -0.2) is 0 Å². The van der Waals surface area contributed by atoms with Gasteiger partial charge < -0.3 is 0 Å². The summed E-state index contributed by atoms with van der Waals surface area (Å²) in [4.78, 5) is 0. The molecule has 2 saturated carbocycles. The van der Waals surface area contributed by atoms with Gasteiger partial charge in [-0.1, -0.05) is 0 Å². The standard InChI is InChI=1S/2C24H27.C2H7Si.2ClH.Zr/c2*1-24(14-7-2-3-8-15-24)18-19-16-21-12-9-13-22(23(21)17-19)20-10-5-4-6-11-20;1-3-2;;;/h2*4-6,9-13,16-17H,2-3,7-8,14-15,18H2,1H3;3H,1-2H3;2*1H;/q;;;;;+2/p-2. The number of fused-ring (bicyclic) bond motifs is 2. The van der Waals surface area contributed by atoms with Crippen LogP contribution in [0.15, 0.2) is 108 Å². The number of halogens is 2. The molecule has 283 valence electrons. The Balaban J connectivity index is 1.35. The van der Waals surface area contributed by atoms with Crippen molar-refractivity contribution in [1.82, 2.24) is 0 Å². The summed E-state index contributed by atoms with van der Waals surface area (Å²) in [7, 11) is 18.3. The molecule has 2 unspecified atom stereocenters. The van der Waals surface area contributed by atoms with E-state index in [1.54, 1.807) is 11.1 Å². The zero-order chi connectivity index (χ0) is 37.6. The van der Waals surface area contributed by atoms with Crippen LogP contribution in [0.4, 0.5) is 0 Å². The van der Waals surface area contributed by atoms with Crippen LogP contribution >= 0.6 is 17.0 Å². The van der Waals surface area contributed by atoms with E-state index in [2.05, 4.69) is 136 Å². The molecular formula is C50H61Cl2SiZr. The third-order valence-electron chi connectivity index (χ3n) is 14.6. The number of hydrogen-bond donors (Lipinski definition) is 0. The summed E-state index contributed by atoms with van der Waals surface area (Å²) in [5.74, 6) is -1.71. The molecule has 8 rings (SSSR count). The average Bonchev–Trinajstić information content (AvgIpc) is 3.55. The summed E-state index contributed by atoms with van der Waals surface area (Å²) in [6.45, 7) is 10.3. The van der Waals surface area contributed by atoms with Crippen LogP contribution in [0, 0.1) is 10.8 Å². The molecule has 0 aromatic heterocycles. The summed E-state index contributed by atoms with van der Waals surface area (Å²) in [5.41, 5.74) is 14.5. The van der Waals surface area contributed by atoms with E-state index < -0.39 is 21.5 Å². The molecule has 54 heavy (non-hydrogen) atoms. The van der Waals surface area contributed by atoms with Crippen LogP contribution in [0.25, 0.3) is 34.4 Å². The Bertz CT molecular complexity index is 1890.